The van der Waals surface area contributed by atoms with Crippen LogP contribution in [0.3, 0.4) is 0 Å². The van der Waals surface area contributed by atoms with Gasteiger partial charge < -0.3 is 11.1 Å². The highest BCUT2D eigenvalue weighted by molar-refractivity contribution is 5.85. The Labute approximate surface area is 127 Å². The fraction of sp³-hybridized carbons (Fsp3) is 0.562. The van der Waals surface area contributed by atoms with Crippen molar-refractivity contribution in [2.75, 3.05) is 6.54 Å². The Bertz CT molecular complexity index is 442. The third kappa shape index (κ3) is 4.50. The minimum absolute atomic E-state index is 0. The van der Waals surface area contributed by atoms with Crippen molar-refractivity contribution in [3.63, 3.8) is 0 Å². The number of hydrogen-bond acceptors (Lipinski definition) is 2. The van der Waals surface area contributed by atoms with Gasteiger partial charge in [0.25, 0.3) is 0 Å². The van der Waals surface area contributed by atoms with E-state index in [9.17, 15) is 4.79 Å². The predicted molar refractivity (Wildman–Crippen MR) is 85.1 cm³/mol. The van der Waals surface area contributed by atoms with Crippen LogP contribution < -0.4 is 11.1 Å². The molecule has 0 heterocycles. The minimum Gasteiger partial charge on any atom is -0.349 e. The van der Waals surface area contributed by atoms with Crippen molar-refractivity contribution in [3.8, 4) is 0 Å². The van der Waals surface area contributed by atoms with Crippen LogP contribution in [0.2, 0.25) is 0 Å². The molecule has 0 saturated heterocycles. The predicted octanol–water partition coefficient (Wildman–Crippen LogP) is 2.59. The Morgan fingerprint density at radius 3 is 2.45 bits per heavy atom. The molecule has 1 aliphatic rings. The maximum Gasteiger partial charge on any atom is 0.220 e. The highest BCUT2D eigenvalue weighted by Gasteiger charge is 2.41. The summed E-state index contributed by atoms with van der Waals surface area (Å²) in [7, 11) is 0. The Hall–Kier alpha value is -1.06. The number of hydrogen-bond donors (Lipinski definition) is 2. The Morgan fingerprint density at radius 2 is 1.95 bits per heavy atom. The zero-order chi connectivity index (χ0) is 13.9. The number of carbonyl (C=O) groups excluding carboxylic acids is 1. The van der Waals surface area contributed by atoms with E-state index in [4.69, 9.17) is 5.73 Å². The fourth-order valence-electron chi connectivity index (χ4n) is 2.43. The molecule has 3 N–H and O–H groups in total. The van der Waals surface area contributed by atoms with Crippen LogP contribution in [0.4, 0.5) is 0 Å². The van der Waals surface area contributed by atoms with Crippen molar-refractivity contribution < 1.29 is 4.79 Å². The molecular formula is C16H25ClN2O. The molecule has 1 atom stereocenters. The van der Waals surface area contributed by atoms with E-state index in [1.165, 1.54) is 24.0 Å². The van der Waals surface area contributed by atoms with Gasteiger partial charge in [0.05, 0.1) is 5.54 Å². The Balaban J connectivity index is 0.00000200. The van der Waals surface area contributed by atoms with Crippen molar-refractivity contribution in [1.29, 1.82) is 0 Å². The second kappa shape index (κ2) is 7.09. The number of carbonyl (C=O) groups is 1. The first-order valence-electron chi connectivity index (χ1n) is 7.10. The van der Waals surface area contributed by atoms with Gasteiger partial charge >= 0.3 is 0 Å². The van der Waals surface area contributed by atoms with Gasteiger partial charge in [0.15, 0.2) is 0 Å². The quantitative estimate of drug-likeness (QED) is 0.848. The molecule has 2 rings (SSSR count). The summed E-state index contributed by atoms with van der Waals surface area (Å²) in [6.07, 6.45) is 3.70. The van der Waals surface area contributed by atoms with E-state index < -0.39 is 0 Å². The molecule has 1 saturated carbocycles. The van der Waals surface area contributed by atoms with E-state index in [0.29, 0.717) is 18.9 Å². The van der Waals surface area contributed by atoms with Gasteiger partial charge in [-0.05, 0) is 44.6 Å². The maximum absolute atomic E-state index is 12.0. The van der Waals surface area contributed by atoms with Gasteiger partial charge in [-0.25, -0.2) is 0 Å². The molecule has 20 heavy (non-hydrogen) atoms. The van der Waals surface area contributed by atoms with Crippen molar-refractivity contribution in [2.45, 2.75) is 45.1 Å². The van der Waals surface area contributed by atoms with E-state index in [1.54, 1.807) is 0 Å². The van der Waals surface area contributed by atoms with Gasteiger partial charge in [-0.2, -0.15) is 0 Å². The van der Waals surface area contributed by atoms with Crippen LogP contribution in [0.15, 0.2) is 24.3 Å². The van der Waals surface area contributed by atoms with Crippen LogP contribution in [0.1, 0.15) is 37.3 Å². The van der Waals surface area contributed by atoms with E-state index in [1.807, 2.05) is 0 Å². The monoisotopic (exact) mass is 296 g/mol. The molecule has 0 bridgehead atoms. The molecular weight excluding hydrogens is 272 g/mol. The summed E-state index contributed by atoms with van der Waals surface area (Å²) in [5.74, 6) is 0.682. The van der Waals surface area contributed by atoms with Gasteiger partial charge in [0.1, 0.15) is 0 Å². The van der Waals surface area contributed by atoms with Crippen LogP contribution >= 0.6 is 12.4 Å². The molecule has 0 radical (unpaired) electrons. The number of benzene rings is 1. The van der Waals surface area contributed by atoms with Crippen LogP contribution in [-0.2, 0) is 11.2 Å². The average molecular weight is 297 g/mol. The molecule has 1 fully saturated rings. The zero-order valence-corrected chi connectivity index (χ0v) is 13.1. The Morgan fingerprint density at radius 1 is 1.35 bits per heavy atom. The second-order valence-electron chi connectivity index (χ2n) is 5.93. The van der Waals surface area contributed by atoms with Gasteiger partial charge in [0, 0.05) is 13.0 Å². The smallest absolute Gasteiger partial charge is 0.220 e. The third-order valence-corrected chi connectivity index (χ3v) is 4.09. The molecule has 1 aliphatic carbocycles. The summed E-state index contributed by atoms with van der Waals surface area (Å²) in [4.78, 5) is 12.0. The molecule has 1 unspecified atom stereocenters. The molecule has 3 nitrogen and oxygen atoms in total. The Kier molecular flexibility index (Phi) is 6.03. The lowest BCUT2D eigenvalue weighted by Gasteiger charge is -2.29. The third-order valence-electron chi connectivity index (χ3n) is 4.09. The number of rotatable bonds is 6. The van der Waals surface area contributed by atoms with Crippen LogP contribution in [-0.4, -0.2) is 18.0 Å². The molecule has 1 aromatic carbocycles. The van der Waals surface area contributed by atoms with E-state index in [0.717, 1.165) is 6.42 Å². The molecule has 0 spiro atoms. The van der Waals surface area contributed by atoms with E-state index in [2.05, 4.69) is 43.4 Å². The van der Waals surface area contributed by atoms with Gasteiger partial charge in [-0.15, -0.1) is 12.4 Å². The van der Waals surface area contributed by atoms with Crippen molar-refractivity contribution in [1.82, 2.24) is 5.32 Å². The highest BCUT2D eigenvalue weighted by Crippen LogP contribution is 2.38. The number of nitrogens with two attached hydrogens (primary N) is 1. The summed E-state index contributed by atoms with van der Waals surface area (Å²) >= 11 is 0. The largest absolute Gasteiger partial charge is 0.349 e. The SMILES string of the molecule is Cc1ccc(CCC(=O)NC(C)(CN)C2CC2)cc1.Cl. The number of aryl methyl sites for hydroxylation is 2. The maximum atomic E-state index is 12.0. The summed E-state index contributed by atoms with van der Waals surface area (Å²) in [5, 5.41) is 3.12. The number of nitrogens with one attached hydrogen (secondary N) is 1. The summed E-state index contributed by atoms with van der Waals surface area (Å²) in [6.45, 7) is 4.65. The summed E-state index contributed by atoms with van der Waals surface area (Å²) in [6, 6.07) is 8.35. The fourth-order valence-corrected chi connectivity index (χ4v) is 2.43. The van der Waals surface area contributed by atoms with Crippen molar-refractivity contribution in [2.24, 2.45) is 11.7 Å². The van der Waals surface area contributed by atoms with E-state index >= 15 is 0 Å². The molecule has 0 aromatic heterocycles. The molecule has 1 aromatic rings. The molecule has 0 aliphatic heterocycles. The van der Waals surface area contributed by atoms with Gasteiger partial charge in [-0.1, -0.05) is 29.8 Å². The van der Waals surface area contributed by atoms with Crippen molar-refractivity contribution >= 4 is 18.3 Å². The average Bonchev–Trinajstić information content (AvgIpc) is 3.22. The van der Waals surface area contributed by atoms with Crippen LogP contribution in [0, 0.1) is 12.8 Å². The molecule has 4 heteroatoms. The minimum atomic E-state index is -0.204. The first kappa shape index (κ1) is 17.0. The van der Waals surface area contributed by atoms with Crippen LogP contribution in [0.25, 0.3) is 0 Å². The lowest BCUT2D eigenvalue weighted by atomic mass is 9.95. The van der Waals surface area contributed by atoms with Crippen LogP contribution in [0.5, 0.6) is 0 Å². The lowest BCUT2D eigenvalue weighted by Crippen LogP contribution is -2.53. The highest BCUT2D eigenvalue weighted by atomic mass is 35.5. The normalized spacial score (nSPS) is 16.9. The number of amides is 1. The number of halogens is 1. The molecule has 112 valence electrons. The molecule has 1 amide bonds. The van der Waals surface area contributed by atoms with Gasteiger partial charge in [0.2, 0.25) is 5.91 Å². The van der Waals surface area contributed by atoms with Gasteiger partial charge in [-0.3, -0.25) is 4.79 Å². The summed E-state index contributed by atoms with van der Waals surface area (Å²) in [5.41, 5.74) is 8.06. The first-order valence-corrected chi connectivity index (χ1v) is 7.10. The standard InChI is InChI=1S/C16H24N2O.ClH/c1-12-3-5-13(6-4-12)7-10-15(19)18-16(2,11-17)14-8-9-14;/h3-6,14H,7-11,17H2,1-2H3,(H,18,19);1H. The summed E-state index contributed by atoms with van der Waals surface area (Å²) < 4.78 is 0. The topological polar surface area (TPSA) is 55.1 Å². The lowest BCUT2D eigenvalue weighted by molar-refractivity contribution is -0.123. The zero-order valence-electron chi connectivity index (χ0n) is 12.3. The second-order valence-corrected chi connectivity index (χ2v) is 5.93. The van der Waals surface area contributed by atoms with E-state index in [-0.39, 0.29) is 23.9 Å². The first-order chi connectivity index (χ1) is 9.03. The van der Waals surface area contributed by atoms with Crippen molar-refractivity contribution in [3.05, 3.63) is 35.4 Å².